The van der Waals surface area contributed by atoms with Crippen molar-refractivity contribution in [3.05, 3.63) is 11.2 Å². The summed E-state index contributed by atoms with van der Waals surface area (Å²) in [6, 6.07) is 0.139. The minimum atomic E-state index is -2.10. The normalized spacial score (nSPS) is 13.8. The molecule has 0 saturated heterocycles. The molecule has 0 radical (unpaired) electrons. The van der Waals surface area contributed by atoms with Crippen LogP contribution in [0.3, 0.4) is 0 Å². The summed E-state index contributed by atoms with van der Waals surface area (Å²) >= 11 is 3.55. The zero-order valence-electron chi connectivity index (χ0n) is 6.69. The van der Waals surface area contributed by atoms with E-state index in [2.05, 4.69) is 5.10 Å². The molecule has 12 heavy (non-hydrogen) atoms. The Morgan fingerprint density at radius 3 is 2.58 bits per heavy atom. The minimum absolute atomic E-state index is 0.0189. The van der Waals surface area contributed by atoms with Gasteiger partial charge >= 0.3 is 0 Å². The van der Waals surface area contributed by atoms with Crippen molar-refractivity contribution in [2.45, 2.75) is 24.9 Å². The highest BCUT2D eigenvalue weighted by Gasteiger charge is 2.12. The summed E-state index contributed by atoms with van der Waals surface area (Å²) in [5, 5.41) is 4.09. The van der Waals surface area contributed by atoms with Crippen molar-refractivity contribution in [1.29, 1.82) is 0 Å². The van der Waals surface area contributed by atoms with Crippen LogP contribution in [0.1, 0.15) is 19.9 Å². The van der Waals surface area contributed by atoms with E-state index in [-0.39, 0.29) is 16.1 Å². The molecule has 1 atom stereocenters. The molecule has 0 fully saturated rings. The average Bonchev–Trinajstić information content (AvgIpc) is 2.30. The van der Waals surface area contributed by atoms with Gasteiger partial charge in [-0.25, -0.2) is 4.21 Å². The van der Waals surface area contributed by atoms with E-state index in [1.54, 1.807) is 4.68 Å². The quantitative estimate of drug-likeness (QED) is 0.753. The van der Waals surface area contributed by atoms with Crippen molar-refractivity contribution < 1.29 is 8.76 Å². The van der Waals surface area contributed by atoms with Crippen LogP contribution in [0.4, 0.5) is 0 Å². The first kappa shape index (κ1) is 9.70. The Bertz CT molecular complexity index is 310. The average molecular weight is 209 g/mol. The first-order chi connectivity index (χ1) is 5.52. The van der Waals surface area contributed by atoms with E-state index in [1.165, 1.54) is 6.20 Å². The summed E-state index contributed by atoms with van der Waals surface area (Å²) in [6.45, 7) is 3.82. The molecule has 0 amide bonds. The number of aromatic nitrogens is 2. The smallest absolute Gasteiger partial charge is 0.209 e. The van der Waals surface area contributed by atoms with E-state index in [1.807, 2.05) is 13.8 Å². The van der Waals surface area contributed by atoms with Gasteiger partial charge in [0.25, 0.3) is 0 Å². The van der Waals surface area contributed by atoms with Crippen LogP contribution in [0.15, 0.2) is 11.2 Å². The predicted octanol–water partition coefficient (Wildman–Crippen LogP) is 1.70. The lowest BCUT2D eigenvalue weighted by molar-refractivity contribution is 0.511. The number of hydrogen-bond donors (Lipinski definition) is 1. The van der Waals surface area contributed by atoms with Crippen molar-refractivity contribution in [2.24, 2.45) is 0 Å². The first-order valence-corrected chi connectivity index (χ1v) is 4.86. The van der Waals surface area contributed by atoms with Crippen molar-refractivity contribution in [1.82, 2.24) is 9.78 Å². The fourth-order valence-corrected chi connectivity index (χ4v) is 1.46. The van der Waals surface area contributed by atoms with Crippen LogP contribution in [0.25, 0.3) is 0 Å². The van der Waals surface area contributed by atoms with Crippen LogP contribution in [0.5, 0.6) is 0 Å². The van der Waals surface area contributed by atoms with Crippen molar-refractivity contribution in [3.63, 3.8) is 0 Å². The fourth-order valence-electron chi connectivity index (χ4n) is 0.736. The lowest BCUT2D eigenvalue weighted by Crippen LogP contribution is -2.02. The highest BCUT2D eigenvalue weighted by molar-refractivity contribution is 7.79. The lowest BCUT2D eigenvalue weighted by atomic mass is 10.4. The van der Waals surface area contributed by atoms with E-state index in [4.69, 9.17) is 16.2 Å². The van der Waals surface area contributed by atoms with Crippen molar-refractivity contribution in [3.8, 4) is 0 Å². The van der Waals surface area contributed by atoms with Crippen LogP contribution in [0, 0.1) is 0 Å². The molecule has 1 heterocycles. The third-order valence-electron chi connectivity index (χ3n) is 1.35. The summed E-state index contributed by atoms with van der Waals surface area (Å²) in [7, 11) is 0. The molecule has 0 aliphatic heterocycles. The standard InChI is InChI=1S/C6H9ClN2O2S/c1-4(2)9-3-5(7)6(8-9)12(10)11/h3-4H,1-2H3,(H,10,11). The summed E-state index contributed by atoms with van der Waals surface area (Å²) < 4.78 is 20.9. The summed E-state index contributed by atoms with van der Waals surface area (Å²) in [5.41, 5.74) is 0. The Morgan fingerprint density at radius 2 is 2.33 bits per heavy atom. The van der Waals surface area contributed by atoms with Gasteiger partial charge in [-0.15, -0.1) is 0 Å². The molecule has 4 nitrogen and oxygen atoms in total. The van der Waals surface area contributed by atoms with Gasteiger partial charge in [0.15, 0.2) is 5.03 Å². The fraction of sp³-hybridized carbons (Fsp3) is 0.500. The molecule has 0 aromatic carbocycles. The number of hydrogen-bond acceptors (Lipinski definition) is 2. The summed E-state index contributed by atoms with van der Waals surface area (Å²) in [6.07, 6.45) is 1.54. The second-order valence-electron chi connectivity index (χ2n) is 2.61. The van der Waals surface area contributed by atoms with Crippen molar-refractivity contribution >= 4 is 22.7 Å². The van der Waals surface area contributed by atoms with Gasteiger partial charge in [-0.3, -0.25) is 4.68 Å². The van der Waals surface area contributed by atoms with E-state index in [0.717, 1.165) is 0 Å². The van der Waals surface area contributed by atoms with Gasteiger partial charge in [-0.2, -0.15) is 5.10 Å². The molecule has 1 rings (SSSR count). The van der Waals surface area contributed by atoms with E-state index in [9.17, 15) is 4.21 Å². The number of nitrogens with zero attached hydrogens (tertiary/aromatic N) is 2. The zero-order valence-corrected chi connectivity index (χ0v) is 8.26. The van der Waals surface area contributed by atoms with Gasteiger partial charge in [0.1, 0.15) is 0 Å². The molecule has 1 aromatic heterocycles. The molecule has 1 N–H and O–H groups in total. The first-order valence-electron chi connectivity index (χ1n) is 3.38. The van der Waals surface area contributed by atoms with Crippen molar-refractivity contribution in [2.75, 3.05) is 0 Å². The highest BCUT2D eigenvalue weighted by atomic mass is 35.5. The van der Waals surface area contributed by atoms with Crippen LogP contribution >= 0.6 is 11.6 Å². The molecular weight excluding hydrogens is 200 g/mol. The molecule has 0 bridgehead atoms. The minimum Gasteiger partial charge on any atom is -0.301 e. The maximum atomic E-state index is 10.6. The third kappa shape index (κ3) is 1.85. The molecule has 0 spiro atoms. The van der Waals surface area contributed by atoms with Crippen LogP contribution < -0.4 is 0 Å². The van der Waals surface area contributed by atoms with E-state index in [0.29, 0.717) is 0 Å². The zero-order chi connectivity index (χ0) is 9.30. The number of halogens is 1. The Kier molecular flexibility index (Phi) is 2.87. The van der Waals surface area contributed by atoms with Gasteiger partial charge in [-0.1, -0.05) is 11.6 Å². The SMILES string of the molecule is CC(C)n1cc(Cl)c(S(=O)O)n1. The Balaban J connectivity index is 3.09. The van der Waals surface area contributed by atoms with Gasteiger partial charge < -0.3 is 4.55 Å². The molecule has 0 aliphatic rings. The van der Waals surface area contributed by atoms with E-state index < -0.39 is 11.1 Å². The largest absolute Gasteiger partial charge is 0.301 e. The Morgan fingerprint density at radius 1 is 1.75 bits per heavy atom. The van der Waals surface area contributed by atoms with Gasteiger partial charge in [0.2, 0.25) is 11.1 Å². The van der Waals surface area contributed by atoms with Gasteiger partial charge in [0.05, 0.1) is 5.02 Å². The summed E-state index contributed by atoms with van der Waals surface area (Å²) in [5.74, 6) is 0. The second kappa shape index (κ2) is 3.55. The summed E-state index contributed by atoms with van der Waals surface area (Å²) in [4.78, 5) is 0. The van der Waals surface area contributed by atoms with Crippen LogP contribution in [0.2, 0.25) is 5.02 Å². The van der Waals surface area contributed by atoms with E-state index >= 15 is 0 Å². The predicted molar refractivity (Wildman–Crippen MR) is 46.7 cm³/mol. The number of rotatable bonds is 2. The second-order valence-corrected chi connectivity index (χ2v) is 3.90. The molecule has 0 saturated carbocycles. The molecular formula is C6H9ClN2O2S. The van der Waals surface area contributed by atoms with Gasteiger partial charge in [-0.05, 0) is 13.8 Å². The molecule has 1 unspecified atom stereocenters. The molecule has 0 aliphatic carbocycles. The van der Waals surface area contributed by atoms with Gasteiger partial charge in [0, 0.05) is 12.2 Å². The Labute approximate surface area is 77.8 Å². The maximum absolute atomic E-state index is 10.6. The third-order valence-corrected chi connectivity index (χ3v) is 2.37. The Hall–Kier alpha value is -0.390. The van der Waals surface area contributed by atoms with Crippen LogP contribution in [-0.2, 0) is 11.1 Å². The molecule has 6 heteroatoms. The molecule has 1 aromatic rings. The monoisotopic (exact) mass is 208 g/mol. The highest BCUT2D eigenvalue weighted by Crippen LogP contribution is 2.18. The van der Waals surface area contributed by atoms with Crippen LogP contribution in [-0.4, -0.2) is 18.5 Å². The maximum Gasteiger partial charge on any atom is 0.209 e. The topological polar surface area (TPSA) is 55.1 Å². The lowest BCUT2D eigenvalue weighted by Gasteiger charge is -2.02. The molecule has 68 valence electrons.